The fourth-order valence-corrected chi connectivity index (χ4v) is 4.55. The molecule has 2 aliphatic carbocycles. The predicted molar refractivity (Wildman–Crippen MR) is 85.9 cm³/mol. The van der Waals surface area contributed by atoms with Crippen LogP contribution in [-0.4, -0.2) is 16.5 Å². The number of para-hydroxylation sites is 1. The number of alkyl halides is 1. The molecule has 1 aromatic heterocycles. The van der Waals surface area contributed by atoms with Crippen LogP contribution in [0.1, 0.15) is 38.5 Å². The first-order valence-electron chi connectivity index (χ1n) is 7.94. The molecule has 1 spiro atoms. The molecule has 1 heterocycles. The summed E-state index contributed by atoms with van der Waals surface area (Å²) in [7, 11) is 0. The molecule has 2 aliphatic rings. The highest BCUT2D eigenvalue weighted by Gasteiger charge is 2.55. The summed E-state index contributed by atoms with van der Waals surface area (Å²) in [5.74, 6) is 0.909. The van der Waals surface area contributed by atoms with Gasteiger partial charge in [0.2, 0.25) is 0 Å². The van der Waals surface area contributed by atoms with Crippen LogP contribution in [0, 0.1) is 5.41 Å². The number of hydrogen-bond donors (Lipinski definition) is 0. The van der Waals surface area contributed by atoms with Crippen LogP contribution in [0.25, 0.3) is 10.9 Å². The van der Waals surface area contributed by atoms with E-state index in [4.69, 9.17) is 16.3 Å². The van der Waals surface area contributed by atoms with Crippen molar-refractivity contribution in [2.45, 2.75) is 50.0 Å². The minimum atomic E-state index is 0.205. The first kappa shape index (κ1) is 13.4. The van der Waals surface area contributed by atoms with E-state index in [1.807, 2.05) is 24.4 Å². The molecule has 2 saturated carbocycles. The van der Waals surface area contributed by atoms with E-state index in [0.29, 0.717) is 0 Å². The third kappa shape index (κ3) is 2.12. The zero-order chi connectivity index (χ0) is 14.3. The lowest BCUT2D eigenvalue weighted by Crippen LogP contribution is -2.58. The molecule has 21 heavy (non-hydrogen) atoms. The summed E-state index contributed by atoms with van der Waals surface area (Å²) in [5, 5.41) is 1.42. The molecule has 2 atom stereocenters. The van der Waals surface area contributed by atoms with Crippen molar-refractivity contribution in [3.8, 4) is 5.75 Å². The normalized spacial score (nSPS) is 27.5. The van der Waals surface area contributed by atoms with Crippen molar-refractivity contribution >= 4 is 22.5 Å². The molecule has 3 heteroatoms. The average molecular weight is 302 g/mol. The van der Waals surface area contributed by atoms with Crippen LogP contribution in [0.5, 0.6) is 5.75 Å². The molecule has 0 bridgehead atoms. The van der Waals surface area contributed by atoms with Crippen LogP contribution in [0.2, 0.25) is 0 Å². The standard InChI is InChI=1S/C18H20ClNO/c19-15-12-16(18(15)9-2-1-3-10-18)21-14-8-4-6-13-7-5-11-20-17(13)14/h4-8,11,15-16H,1-3,9-10,12H2. The first-order chi connectivity index (χ1) is 10.3. The lowest BCUT2D eigenvalue weighted by Gasteiger charge is -2.55. The fraction of sp³-hybridized carbons (Fsp3) is 0.500. The zero-order valence-electron chi connectivity index (χ0n) is 12.1. The Hall–Kier alpha value is -1.28. The van der Waals surface area contributed by atoms with Crippen molar-refractivity contribution in [3.63, 3.8) is 0 Å². The number of ether oxygens (including phenoxy) is 1. The number of hydrogen-bond acceptors (Lipinski definition) is 2. The quantitative estimate of drug-likeness (QED) is 0.733. The summed E-state index contributed by atoms with van der Waals surface area (Å²) in [6, 6.07) is 10.2. The van der Waals surface area contributed by atoms with Crippen LogP contribution in [0.15, 0.2) is 36.5 Å². The van der Waals surface area contributed by atoms with E-state index in [2.05, 4.69) is 17.1 Å². The maximum Gasteiger partial charge on any atom is 0.145 e. The molecule has 110 valence electrons. The highest BCUT2D eigenvalue weighted by molar-refractivity contribution is 6.21. The molecule has 2 aromatic rings. The Kier molecular flexibility index (Phi) is 3.30. The van der Waals surface area contributed by atoms with Gasteiger partial charge in [-0.05, 0) is 25.0 Å². The highest BCUT2D eigenvalue weighted by atomic mass is 35.5. The molecule has 0 saturated heterocycles. The Morgan fingerprint density at radius 2 is 1.90 bits per heavy atom. The number of pyridine rings is 1. The van der Waals surface area contributed by atoms with Gasteiger partial charge in [-0.2, -0.15) is 0 Å². The summed E-state index contributed by atoms with van der Waals surface area (Å²) < 4.78 is 6.38. The second kappa shape index (κ2) is 5.17. The minimum absolute atomic E-state index is 0.205. The van der Waals surface area contributed by atoms with Gasteiger partial charge in [0.15, 0.2) is 0 Å². The van der Waals surface area contributed by atoms with Crippen LogP contribution < -0.4 is 4.74 Å². The van der Waals surface area contributed by atoms with Crippen LogP contribution >= 0.6 is 11.6 Å². The van der Waals surface area contributed by atoms with E-state index in [1.54, 1.807) is 0 Å². The topological polar surface area (TPSA) is 22.1 Å². The van der Waals surface area contributed by atoms with Gasteiger partial charge in [-0.1, -0.05) is 37.5 Å². The largest absolute Gasteiger partial charge is 0.487 e. The number of nitrogens with zero attached hydrogens (tertiary/aromatic N) is 1. The van der Waals surface area contributed by atoms with E-state index in [9.17, 15) is 0 Å². The van der Waals surface area contributed by atoms with Crippen molar-refractivity contribution in [2.75, 3.05) is 0 Å². The van der Waals surface area contributed by atoms with Gasteiger partial charge in [-0.15, -0.1) is 11.6 Å². The monoisotopic (exact) mass is 301 g/mol. The van der Waals surface area contributed by atoms with Crippen molar-refractivity contribution < 1.29 is 4.74 Å². The van der Waals surface area contributed by atoms with Crippen LogP contribution in [0.4, 0.5) is 0 Å². The SMILES string of the molecule is ClC1CC(Oc2cccc3cccnc23)C12CCCCC2. The van der Waals surface area contributed by atoms with E-state index >= 15 is 0 Å². The van der Waals surface area contributed by atoms with Gasteiger partial charge in [0.05, 0.1) is 0 Å². The summed E-state index contributed by atoms with van der Waals surface area (Å²) in [4.78, 5) is 4.49. The average Bonchev–Trinajstić information content (AvgIpc) is 2.55. The van der Waals surface area contributed by atoms with Gasteiger partial charge in [-0.25, -0.2) is 0 Å². The molecule has 0 amide bonds. The molecule has 0 N–H and O–H groups in total. The lowest BCUT2D eigenvalue weighted by atomic mass is 9.58. The maximum atomic E-state index is 6.57. The number of aromatic nitrogens is 1. The van der Waals surface area contributed by atoms with Gasteiger partial charge in [0.1, 0.15) is 17.4 Å². The summed E-state index contributed by atoms with van der Waals surface area (Å²) in [5.41, 5.74) is 1.17. The maximum absolute atomic E-state index is 6.57. The zero-order valence-corrected chi connectivity index (χ0v) is 12.9. The molecule has 0 aliphatic heterocycles. The predicted octanol–water partition coefficient (Wildman–Crippen LogP) is 4.94. The second-order valence-electron chi connectivity index (χ2n) is 6.43. The van der Waals surface area contributed by atoms with Gasteiger partial charge in [0, 0.05) is 28.8 Å². The minimum Gasteiger partial charge on any atom is -0.487 e. The van der Waals surface area contributed by atoms with Gasteiger partial charge in [-0.3, -0.25) is 4.98 Å². The molecule has 1 aromatic carbocycles. The Balaban J connectivity index is 1.63. The Bertz CT molecular complexity index is 645. The molecule has 2 unspecified atom stereocenters. The molecule has 2 fully saturated rings. The van der Waals surface area contributed by atoms with E-state index in [1.165, 1.54) is 32.1 Å². The first-order valence-corrected chi connectivity index (χ1v) is 8.38. The Morgan fingerprint density at radius 3 is 2.71 bits per heavy atom. The van der Waals surface area contributed by atoms with Crippen molar-refractivity contribution in [1.29, 1.82) is 0 Å². The van der Waals surface area contributed by atoms with Crippen molar-refractivity contribution in [3.05, 3.63) is 36.5 Å². The summed E-state index contributed by atoms with van der Waals surface area (Å²) >= 11 is 6.57. The molecular weight excluding hydrogens is 282 g/mol. The van der Waals surface area contributed by atoms with E-state index < -0.39 is 0 Å². The third-order valence-corrected chi connectivity index (χ3v) is 5.95. The number of fused-ring (bicyclic) bond motifs is 1. The second-order valence-corrected chi connectivity index (χ2v) is 6.96. The number of rotatable bonds is 2. The van der Waals surface area contributed by atoms with E-state index in [-0.39, 0.29) is 16.9 Å². The molecule has 2 nitrogen and oxygen atoms in total. The smallest absolute Gasteiger partial charge is 0.145 e. The highest BCUT2D eigenvalue weighted by Crippen LogP contribution is 2.55. The van der Waals surface area contributed by atoms with Crippen LogP contribution in [-0.2, 0) is 0 Å². The fourth-order valence-electron chi connectivity index (χ4n) is 4.03. The van der Waals surface area contributed by atoms with Gasteiger partial charge < -0.3 is 4.74 Å². The lowest BCUT2D eigenvalue weighted by molar-refractivity contribution is -0.0643. The summed E-state index contributed by atoms with van der Waals surface area (Å²) in [6.07, 6.45) is 9.39. The Labute approximate surface area is 130 Å². The molecule has 0 radical (unpaired) electrons. The van der Waals surface area contributed by atoms with Gasteiger partial charge in [0.25, 0.3) is 0 Å². The Morgan fingerprint density at radius 1 is 1.10 bits per heavy atom. The van der Waals surface area contributed by atoms with Crippen molar-refractivity contribution in [1.82, 2.24) is 4.98 Å². The van der Waals surface area contributed by atoms with E-state index in [0.717, 1.165) is 23.1 Å². The molecule has 4 rings (SSSR count). The third-order valence-electron chi connectivity index (χ3n) is 5.34. The van der Waals surface area contributed by atoms with Gasteiger partial charge >= 0.3 is 0 Å². The number of halogens is 1. The van der Waals surface area contributed by atoms with Crippen molar-refractivity contribution in [2.24, 2.45) is 5.41 Å². The molecular formula is C18H20ClNO. The van der Waals surface area contributed by atoms with Crippen LogP contribution in [0.3, 0.4) is 0 Å². The summed E-state index contributed by atoms with van der Waals surface area (Å²) in [6.45, 7) is 0. The number of benzene rings is 1.